The molecule has 0 bridgehead atoms. The molecule has 0 saturated heterocycles. The molecule has 0 atom stereocenters. The molecule has 0 aromatic rings. The molecule has 0 nitrogen and oxygen atoms in total. The highest BCUT2D eigenvalue weighted by Gasteiger charge is 1.91. The molecular formula is C4H3BBr. The molecule has 1 heterocycles. The van der Waals surface area contributed by atoms with E-state index in [2.05, 4.69) is 15.9 Å². The van der Waals surface area contributed by atoms with Crippen molar-refractivity contribution in [2.75, 3.05) is 0 Å². The van der Waals surface area contributed by atoms with Crippen molar-refractivity contribution in [3.05, 3.63) is 22.5 Å². The zero-order chi connectivity index (χ0) is 4.41. The second-order valence-electron chi connectivity index (χ2n) is 1.10. The van der Waals surface area contributed by atoms with Gasteiger partial charge in [0.15, 0.2) is 7.28 Å². The summed E-state index contributed by atoms with van der Waals surface area (Å²) in [5, 5.41) is 0. The highest BCUT2D eigenvalue weighted by molar-refractivity contribution is 9.12. The molecular weight excluding hydrogens is 139 g/mol. The maximum absolute atomic E-state index is 3.28. The fourth-order valence-electron chi connectivity index (χ4n) is 0.351. The van der Waals surface area contributed by atoms with Gasteiger partial charge in [0.2, 0.25) is 0 Å². The fraction of sp³-hybridized carbons (Fsp3) is 0. The van der Waals surface area contributed by atoms with Crippen LogP contribution in [0.1, 0.15) is 0 Å². The first kappa shape index (κ1) is 4.19. The third-order valence-corrected chi connectivity index (χ3v) is 1.15. The lowest BCUT2D eigenvalue weighted by Crippen LogP contribution is -1.73. The van der Waals surface area contributed by atoms with Gasteiger partial charge in [-0.25, -0.2) is 0 Å². The van der Waals surface area contributed by atoms with Crippen molar-refractivity contribution in [3.8, 4) is 0 Å². The number of allylic oxidation sites excluding steroid dienone is 2. The van der Waals surface area contributed by atoms with Gasteiger partial charge in [0.1, 0.15) is 0 Å². The molecule has 1 aliphatic heterocycles. The average Bonchev–Trinajstić information content (AvgIpc) is 1.86. The lowest BCUT2D eigenvalue weighted by Gasteiger charge is -1.73. The Morgan fingerprint density at radius 3 is 2.67 bits per heavy atom. The summed E-state index contributed by atoms with van der Waals surface area (Å²) in [6.07, 6.45) is 3.99. The van der Waals surface area contributed by atoms with Crippen LogP contribution in [0.5, 0.6) is 0 Å². The van der Waals surface area contributed by atoms with Crippen LogP contribution < -0.4 is 0 Å². The minimum atomic E-state index is 1.16. The largest absolute Gasteiger partial charge is 0.190 e. The third-order valence-electron chi connectivity index (χ3n) is 0.622. The van der Waals surface area contributed by atoms with Gasteiger partial charge in [0.05, 0.1) is 0 Å². The highest BCUT2D eigenvalue weighted by Crippen LogP contribution is 2.07. The van der Waals surface area contributed by atoms with Gasteiger partial charge in [0, 0.05) is 0 Å². The van der Waals surface area contributed by atoms with Crippen molar-refractivity contribution in [3.63, 3.8) is 0 Å². The van der Waals surface area contributed by atoms with Crippen molar-refractivity contribution in [2.45, 2.75) is 0 Å². The van der Waals surface area contributed by atoms with Gasteiger partial charge in [-0.15, -0.1) is 5.98 Å². The highest BCUT2D eigenvalue weighted by atomic mass is 79.9. The SMILES string of the molecule is BrC1=CC=C[B]1. The first-order valence-corrected chi connectivity index (χ1v) is 2.56. The monoisotopic (exact) mass is 141 g/mol. The molecule has 29 valence electrons. The fourth-order valence-corrected chi connectivity index (χ4v) is 0.656. The summed E-state index contributed by atoms with van der Waals surface area (Å²) in [6.45, 7) is 0. The third kappa shape index (κ3) is 0.746. The topological polar surface area (TPSA) is 0 Å². The van der Waals surface area contributed by atoms with Gasteiger partial charge in [-0.2, -0.15) is 0 Å². The summed E-state index contributed by atoms with van der Waals surface area (Å²) < 4.78 is 1.16. The van der Waals surface area contributed by atoms with Crippen LogP contribution >= 0.6 is 15.9 Å². The second-order valence-corrected chi connectivity index (χ2v) is 2.02. The Bertz CT molecular complexity index is 104. The number of hydrogen-bond acceptors (Lipinski definition) is 0. The summed E-state index contributed by atoms with van der Waals surface area (Å²) in [4.78, 5) is 0. The van der Waals surface area contributed by atoms with Gasteiger partial charge in [-0.05, 0) is 4.38 Å². The Hall–Kier alpha value is 0.0249. The average molecular weight is 142 g/mol. The van der Waals surface area contributed by atoms with Crippen molar-refractivity contribution in [1.82, 2.24) is 0 Å². The summed E-state index contributed by atoms with van der Waals surface area (Å²) in [6, 6.07) is 0. The Morgan fingerprint density at radius 2 is 2.50 bits per heavy atom. The standard InChI is InChI=1S/C4H3BBr/c6-4-2-1-3-5-4/h1-3H. The summed E-state index contributed by atoms with van der Waals surface area (Å²) in [5.74, 6) is 1.99. The zero-order valence-corrected chi connectivity index (χ0v) is 4.77. The Morgan fingerprint density at radius 1 is 1.67 bits per heavy atom. The Labute approximate surface area is 46.3 Å². The number of halogens is 1. The first-order valence-electron chi connectivity index (χ1n) is 1.77. The van der Waals surface area contributed by atoms with Gasteiger partial charge < -0.3 is 0 Å². The van der Waals surface area contributed by atoms with Crippen LogP contribution in [0.4, 0.5) is 0 Å². The van der Waals surface area contributed by atoms with Crippen LogP contribution in [0.3, 0.4) is 0 Å². The van der Waals surface area contributed by atoms with E-state index >= 15 is 0 Å². The lowest BCUT2D eigenvalue weighted by molar-refractivity contribution is 2.13. The quantitative estimate of drug-likeness (QED) is 0.449. The lowest BCUT2D eigenvalue weighted by atomic mass is 9.82. The maximum atomic E-state index is 3.28. The van der Waals surface area contributed by atoms with Gasteiger partial charge in [-0.3, -0.25) is 0 Å². The molecule has 0 amide bonds. The van der Waals surface area contributed by atoms with Gasteiger partial charge in [-0.1, -0.05) is 28.1 Å². The minimum Gasteiger partial charge on any atom is -0.116 e. The minimum absolute atomic E-state index is 1.16. The van der Waals surface area contributed by atoms with Crippen molar-refractivity contribution in [2.24, 2.45) is 0 Å². The second kappa shape index (κ2) is 1.65. The predicted octanol–water partition coefficient (Wildman–Crippen LogP) is 1.45. The van der Waals surface area contributed by atoms with E-state index < -0.39 is 0 Å². The molecule has 0 aliphatic carbocycles. The van der Waals surface area contributed by atoms with E-state index in [0.29, 0.717) is 0 Å². The van der Waals surface area contributed by atoms with Gasteiger partial charge >= 0.3 is 0 Å². The normalized spacial score (nSPS) is 17.2. The molecule has 1 rings (SSSR count). The van der Waals surface area contributed by atoms with Crippen LogP contribution in [0.15, 0.2) is 22.5 Å². The molecule has 1 aliphatic rings. The van der Waals surface area contributed by atoms with E-state index in [1.807, 2.05) is 25.4 Å². The Balaban J connectivity index is 2.61. The van der Waals surface area contributed by atoms with Gasteiger partial charge in [0.25, 0.3) is 0 Å². The molecule has 0 saturated carbocycles. The molecule has 6 heavy (non-hydrogen) atoms. The van der Waals surface area contributed by atoms with Crippen LogP contribution in [0, 0.1) is 0 Å². The van der Waals surface area contributed by atoms with Crippen molar-refractivity contribution in [1.29, 1.82) is 0 Å². The van der Waals surface area contributed by atoms with E-state index in [1.54, 1.807) is 0 Å². The van der Waals surface area contributed by atoms with Crippen LogP contribution in [0.2, 0.25) is 0 Å². The molecule has 0 aromatic carbocycles. The zero-order valence-electron chi connectivity index (χ0n) is 3.19. The Kier molecular flexibility index (Phi) is 1.15. The number of hydrogen-bond donors (Lipinski definition) is 0. The molecule has 0 unspecified atom stereocenters. The van der Waals surface area contributed by atoms with E-state index in [0.717, 1.165) is 4.38 Å². The van der Waals surface area contributed by atoms with Crippen LogP contribution in [0.25, 0.3) is 0 Å². The molecule has 0 aromatic heterocycles. The van der Waals surface area contributed by atoms with E-state index in [9.17, 15) is 0 Å². The van der Waals surface area contributed by atoms with E-state index in [1.165, 1.54) is 0 Å². The molecule has 1 radical (unpaired) electrons. The summed E-state index contributed by atoms with van der Waals surface area (Å²) in [5.41, 5.74) is 0. The number of rotatable bonds is 0. The van der Waals surface area contributed by atoms with E-state index in [4.69, 9.17) is 0 Å². The van der Waals surface area contributed by atoms with Crippen molar-refractivity contribution < 1.29 is 0 Å². The predicted molar refractivity (Wildman–Crippen MR) is 31.9 cm³/mol. The maximum Gasteiger partial charge on any atom is 0.190 e. The molecule has 2 heteroatoms. The van der Waals surface area contributed by atoms with Crippen molar-refractivity contribution >= 4 is 23.2 Å². The summed E-state index contributed by atoms with van der Waals surface area (Å²) in [7, 11) is 2.00. The molecule has 0 fully saturated rings. The summed E-state index contributed by atoms with van der Waals surface area (Å²) >= 11 is 3.28. The smallest absolute Gasteiger partial charge is 0.116 e. The van der Waals surface area contributed by atoms with Crippen LogP contribution in [-0.4, -0.2) is 7.28 Å². The molecule has 0 spiro atoms. The first-order chi connectivity index (χ1) is 2.89. The van der Waals surface area contributed by atoms with E-state index in [-0.39, 0.29) is 0 Å². The molecule has 0 N–H and O–H groups in total. The van der Waals surface area contributed by atoms with Crippen LogP contribution in [-0.2, 0) is 0 Å².